The summed E-state index contributed by atoms with van der Waals surface area (Å²) in [7, 11) is 0. The molecular formula is C14H17N3O2. The van der Waals surface area contributed by atoms with E-state index in [-0.39, 0.29) is 12.5 Å². The highest BCUT2D eigenvalue weighted by atomic mass is 16.5. The predicted molar refractivity (Wildman–Crippen MR) is 71.9 cm³/mol. The van der Waals surface area contributed by atoms with Gasteiger partial charge < -0.3 is 10.1 Å². The molecule has 0 saturated carbocycles. The van der Waals surface area contributed by atoms with Crippen LogP contribution in [0, 0.1) is 0 Å². The molecule has 0 aliphatic heterocycles. The van der Waals surface area contributed by atoms with E-state index in [1.165, 1.54) is 0 Å². The molecule has 0 aliphatic rings. The first-order valence-corrected chi connectivity index (χ1v) is 6.23. The molecule has 0 aliphatic carbocycles. The molecule has 0 bridgehead atoms. The summed E-state index contributed by atoms with van der Waals surface area (Å²) in [5, 5.41) is 7.04. The van der Waals surface area contributed by atoms with E-state index in [1.54, 1.807) is 10.9 Å². The van der Waals surface area contributed by atoms with Crippen LogP contribution in [0.4, 0.5) is 0 Å². The minimum absolute atomic E-state index is 0.101. The van der Waals surface area contributed by atoms with Crippen LogP contribution in [0.15, 0.2) is 42.7 Å². The van der Waals surface area contributed by atoms with Crippen LogP contribution in [-0.4, -0.2) is 28.9 Å². The van der Waals surface area contributed by atoms with Gasteiger partial charge in [0, 0.05) is 24.9 Å². The minimum Gasteiger partial charge on any atom is -0.372 e. The Morgan fingerprint density at radius 1 is 1.37 bits per heavy atom. The van der Waals surface area contributed by atoms with Gasteiger partial charge in [0.25, 0.3) is 0 Å². The average molecular weight is 259 g/mol. The fraction of sp³-hybridized carbons (Fsp3) is 0.286. The molecule has 2 aromatic rings. The highest BCUT2D eigenvalue weighted by Gasteiger charge is 2.03. The van der Waals surface area contributed by atoms with Crippen molar-refractivity contribution in [2.24, 2.45) is 0 Å². The Balaban J connectivity index is 1.90. The number of benzene rings is 1. The Labute approximate surface area is 112 Å². The van der Waals surface area contributed by atoms with Crippen molar-refractivity contribution in [3.05, 3.63) is 48.3 Å². The maximum atomic E-state index is 11.4. The fourth-order valence-electron chi connectivity index (χ4n) is 1.62. The van der Waals surface area contributed by atoms with Gasteiger partial charge in [0.1, 0.15) is 6.61 Å². The van der Waals surface area contributed by atoms with Crippen molar-refractivity contribution in [1.82, 2.24) is 15.1 Å². The van der Waals surface area contributed by atoms with Crippen molar-refractivity contribution in [3.63, 3.8) is 0 Å². The normalized spacial score (nSPS) is 10.4. The Bertz CT molecular complexity index is 522. The molecule has 0 fully saturated rings. The molecule has 1 aromatic carbocycles. The van der Waals surface area contributed by atoms with Gasteiger partial charge in [0.05, 0.1) is 11.9 Å². The number of carbonyl (C=O) groups is 1. The second kappa shape index (κ2) is 6.70. The molecule has 5 heteroatoms. The zero-order valence-corrected chi connectivity index (χ0v) is 10.9. The van der Waals surface area contributed by atoms with Gasteiger partial charge in [-0.25, -0.2) is 4.68 Å². The molecule has 0 saturated heterocycles. The molecular weight excluding hydrogens is 242 g/mol. The molecule has 1 amide bonds. The number of carbonyl (C=O) groups excluding carboxylic acids is 1. The number of nitrogens with zero attached hydrogens (tertiary/aromatic N) is 2. The molecule has 1 heterocycles. The zero-order chi connectivity index (χ0) is 13.5. The first-order chi connectivity index (χ1) is 9.29. The smallest absolute Gasteiger partial charge is 0.246 e. The van der Waals surface area contributed by atoms with E-state index in [2.05, 4.69) is 10.4 Å². The van der Waals surface area contributed by atoms with Crippen LogP contribution in [0.2, 0.25) is 0 Å². The summed E-state index contributed by atoms with van der Waals surface area (Å²) in [5.74, 6) is -0.116. The average Bonchev–Trinajstić information content (AvgIpc) is 2.93. The third-order valence-electron chi connectivity index (χ3n) is 2.58. The summed E-state index contributed by atoms with van der Waals surface area (Å²) in [6, 6.07) is 9.83. The van der Waals surface area contributed by atoms with Crippen LogP contribution in [-0.2, 0) is 16.1 Å². The largest absolute Gasteiger partial charge is 0.372 e. The number of amides is 1. The molecule has 2 rings (SSSR count). The number of para-hydroxylation sites is 1. The Kier molecular flexibility index (Phi) is 4.69. The van der Waals surface area contributed by atoms with E-state index in [4.69, 9.17) is 4.74 Å². The number of hydrogen-bond acceptors (Lipinski definition) is 3. The Morgan fingerprint density at radius 3 is 2.89 bits per heavy atom. The van der Waals surface area contributed by atoms with Crippen molar-refractivity contribution in [2.45, 2.75) is 13.5 Å². The molecule has 0 atom stereocenters. The number of rotatable bonds is 6. The third-order valence-corrected chi connectivity index (χ3v) is 2.58. The Hall–Kier alpha value is -2.14. The van der Waals surface area contributed by atoms with Crippen molar-refractivity contribution in [2.75, 3.05) is 13.2 Å². The maximum Gasteiger partial charge on any atom is 0.246 e. The lowest BCUT2D eigenvalue weighted by Gasteiger charge is -2.03. The predicted octanol–water partition coefficient (Wildman–Crippen LogP) is 1.52. The molecule has 1 N–H and O–H groups in total. The van der Waals surface area contributed by atoms with E-state index in [0.29, 0.717) is 13.2 Å². The Morgan fingerprint density at radius 2 is 2.16 bits per heavy atom. The zero-order valence-electron chi connectivity index (χ0n) is 10.9. The van der Waals surface area contributed by atoms with Gasteiger partial charge in [-0.2, -0.15) is 5.10 Å². The topological polar surface area (TPSA) is 56.1 Å². The lowest BCUT2D eigenvalue weighted by Crippen LogP contribution is -2.26. The van der Waals surface area contributed by atoms with Crippen LogP contribution in [0.3, 0.4) is 0 Å². The highest BCUT2D eigenvalue weighted by molar-refractivity contribution is 5.77. The van der Waals surface area contributed by atoms with E-state index in [9.17, 15) is 4.79 Å². The van der Waals surface area contributed by atoms with Gasteiger partial charge in [-0.1, -0.05) is 18.2 Å². The number of ether oxygens (including phenoxy) is 1. The van der Waals surface area contributed by atoms with Gasteiger partial charge in [0.2, 0.25) is 5.91 Å². The van der Waals surface area contributed by atoms with E-state index in [1.807, 2.05) is 43.5 Å². The van der Waals surface area contributed by atoms with Gasteiger partial charge >= 0.3 is 0 Å². The molecule has 5 nitrogen and oxygen atoms in total. The number of nitrogens with one attached hydrogen (secondary N) is 1. The lowest BCUT2D eigenvalue weighted by molar-refractivity contribution is -0.125. The van der Waals surface area contributed by atoms with Crippen LogP contribution in [0.1, 0.15) is 12.5 Å². The molecule has 1 aromatic heterocycles. The second-order valence-corrected chi connectivity index (χ2v) is 4.04. The summed E-state index contributed by atoms with van der Waals surface area (Å²) in [6.45, 7) is 2.96. The van der Waals surface area contributed by atoms with Crippen LogP contribution < -0.4 is 5.32 Å². The SMILES string of the molecule is CCOCC(=O)NCc1cnn(-c2ccccc2)c1. The van der Waals surface area contributed by atoms with Crippen LogP contribution in [0.25, 0.3) is 5.69 Å². The lowest BCUT2D eigenvalue weighted by atomic mass is 10.3. The van der Waals surface area contributed by atoms with Crippen LogP contribution in [0.5, 0.6) is 0 Å². The summed E-state index contributed by atoms with van der Waals surface area (Å²) in [4.78, 5) is 11.4. The molecule has 0 spiro atoms. The number of aromatic nitrogens is 2. The summed E-state index contributed by atoms with van der Waals surface area (Å²) in [5.41, 5.74) is 1.95. The second-order valence-electron chi connectivity index (χ2n) is 4.04. The molecule has 0 unspecified atom stereocenters. The fourth-order valence-corrected chi connectivity index (χ4v) is 1.62. The monoisotopic (exact) mass is 259 g/mol. The van der Waals surface area contributed by atoms with E-state index >= 15 is 0 Å². The third kappa shape index (κ3) is 3.93. The quantitative estimate of drug-likeness (QED) is 0.855. The van der Waals surface area contributed by atoms with Crippen molar-refractivity contribution in [1.29, 1.82) is 0 Å². The molecule has 100 valence electrons. The molecule has 19 heavy (non-hydrogen) atoms. The first-order valence-electron chi connectivity index (χ1n) is 6.23. The van der Waals surface area contributed by atoms with E-state index in [0.717, 1.165) is 11.3 Å². The summed E-state index contributed by atoms with van der Waals surface area (Å²) in [6.07, 6.45) is 3.64. The number of hydrogen-bond donors (Lipinski definition) is 1. The minimum atomic E-state index is -0.116. The summed E-state index contributed by atoms with van der Waals surface area (Å²) < 4.78 is 6.81. The van der Waals surface area contributed by atoms with Crippen molar-refractivity contribution < 1.29 is 9.53 Å². The van der Waals surface area contributed by atoms with Gasteiger partial charge in [-0.15, -0.1) is 0 Å². The maximum absolute atomic E-state index is 11.4. The van der Waals surface area contributed by atoms with Crippen LogP contribution >= 0.6 is 0 Å². The summed E-state index contributed by atoms with van der Waals surface area (Å²) >= 11 is 0. The van der Waals surface area contributed by atoms with E-state index < -0.39 is 0 Å². The van der Waals surface area contributed by atoms with Gasteiger partial charge in [-0.05, 0) is 19.1 Å². The van der Waals surface area contributed by atoms with Crippen molar-refractivity contribution >= 4 is 5.91 Å². The highest BCUT2D eigenvalue weighted by Crippen LogP contribution is 2.07. The van der Waals surface area contributed by atoms with Gasteiger partial charge in [0.15, 0.2) is 0 Å². The molecule has 0 radical (unpaired) electrons. The standard InChI is InChI=1S/C14H17N3O2/c1-2-19-11-14(18)15-8-12-9-16-17(10-12)13-6-4-3-5-7-13/h3-7,9-10H,2,8,11H2,1H3,(H,15,18). The first kappa shape index (κ1) is 13.3. The van der Waals surface area contributed by atoms with Gasteiger partial charge in [-0.3, -0.25) is 4.79 Å². The van der Waals surface area contributed by atoms with Crippen molar-refractivity contribution in [3.8, 4) is 5.69 Å².